The van der Waals surface area contributed by atoms with Crippen LogP contribution in [-0.2, 0) is 19.5 Å². The summed E-state index contributed by atoms with van der Waals surface area (Å²) in [4.78, 5) is 0. The van der Waals surface area contributed by atoms with Gasteiger partial charge in [0.2, 0.25) is 6.17 Å². The fraction of sp³-hybridized carbons (Fsp3) is 0. The van der Waals surface area contributed by atoms with Crippen LogP contribution in [0.4, 0.5) is 4.39 Å². The molecule has 0 heterocycles. The first-order valence-electron chi connectivity index (χ1n) is 2.12. The molecule has 0 spiro atoms. The minimum absolute atomic E-state index is 0. The van der Waals surface area contributed by atoms with Gasteiger partial charge in [-0.05, 0) is 12.2 Å². The van der Waals surface area contributed by atoms with Crippen LogP contribution in [0, 0.1) is 6.17 Å². The molecule has 0 fully saturated rings. The van der Waals surface area contributed by atoms with Crippen molar-refractivity contribution < 1.29 is 40.8 Å². The van der Waals surface area contributed by atoms with E-state index >= 15 is 0 Å². The monoisotopic (exact) mass is 316 g/mol. The minimum atomic E-state index is -0.271. The van der Waals surface area contributed by atoms with Gasteiger partial charge < -0.3 is 17.0 Å². The average Bonchev–Trinajstić information content (AvgIpc) is 1.77. The van der Waals surface area contributed by atoms with Crippen molar-refractivity contribution in [3.8, 4) is 0 Å². The van der Waals surface area contributed by atoms with Crippen molar-refractivity contribution in [3.63, 3.8) is 0 Å². The van der Waals surface area contributed by atoms with Gasteiger partial charge >= 0.3 is 0 Å². The Labute approximate surface area is 90.9 Å². The zero-order valence-corrected chi connectivity index (χ0v) is 11.2. The maximum atomic E-state index is 12.2. The molecule has 1 rings (SSSR count). The molecule has 1 aliphatic rings. The Hall–Kier alpha value is 0.773. The summed E-state index contributed by atoms with van der Waals surface area (Å²) in [6, 6.07) is 0. The maximum absolute atomic E-state index is 12.2. The second-order valence-corrected chi connectivity index (χ2v) is 2.19. The molecule has 0 atom stereocenters. The molecule has 0 aliphatic heterocycles. The van der Waals surface area contributed by atoms with Crippen molar-refractivity contribution in [1.82, 2.24) is 0 Å². The topological polar surface area (TPSA) is 0 Å². The predicted octanol–water partition coefficient (Wildman–Crippen LogP) is -0.507. The van der Waals surface area contributed by atoms with E-state index in [2.05, 4.69) is 21.7 Å². The van der Waals surface area contributed by atoms with Crippen molar-refractivity contribution >= 4 is 15.9 Å². The summed E-state index contributed by atoms with van der Waals surface area (Å²) in [5, 5.41) is 0. The third-order valence-electron chi connectivity index (χ3n) is 0.764. The Kier molecular flexibility index (Phi) is 8.67. The van der Waals surface area contributed by atoms with E-state index in [1.165, 1.54) is 6.08 Å². The number of allylic oxidation sites excluding steroid dienone is 3. The van der Waals surface area contributed by atoms with E-state index in [0.717, 1.165) is 0 Å². The molecular weight excluding hydrogens is 316 g/mol. The van der Waals surface area contributed by atoms with E-state index in [4.69, 9.17) is 0 Å². The van der Waals surface area contributed by atoms with E-state index < -0.39 is 0 Å². The third-order valence-corrected chi connectivity index (χ3v) is 1.41. The van der Waals surface area contributed by atoms with Gasteiger partial charge in [0.15, 0.2) is 0 Å². The van der Waals surface area contributed by atoms with Crippen LogP contribution < -0.4 is 17.0 Å². The van der Waals surface area contributed by atoms with Crippen LogP contribution >= 0.6 is 15.9 Å². The van der Waals surface area contributed by atoms with Crippen LogP contribution in [0.3, 0.4) is 0 Å². The summed E-state index contributed by atoms with van der Waals surface area (Å²) in [6.45, 7) is 0. The zero-order valence-electron chi connectivity index (χ0n) is 5.07. The molecule has 51 valence electrons. The van der Waals surface area contributed by atoms with E-state index in [1.54, 1.807) is 12.2 Å². The molecule has 0 aromatic heterocycles. The maximum Gasteiger partial charge on any atom is 0.210 e. The van der Waals surface area contributed by atoms with Crippen molar-refractivity contribution in [3.05, 3.63) is 34.6 Å². The minimum Gasteiger partial charge on any atom is -1.00 e. The predicted molar refractivity (Wildman–Crippen MR) is 34.0 cm³/mol. The van der Waals surface area contributed by atoms with Crippen molar-refractivity contribution in [2.24, 2.45) is 0 Å². The van der Waals surface area contributed by atoms with Gasteiger partial charge in [-0.25, -0.2) is 4.39 Å². The first-order chi connectivity index (χ1) is 3.80. The Morgan fingerprint density at radius 3 is 2.40 bits per heavy atom. The molecular formula is C6H3Br2FZn-. The third kappa shape index (κ3) is 3.82. The largest absolute Gasteiger partial charge is 1.00 e. The van der Waals surface area contributed by atoms with Gasteiger partial charge in [-0.2, -0.15) is 0 Å². The standard InChI is InChI=1S/C6H3BrF.BrH.Zn/c7-5-3-1-2-4-6(5)8;;/h1,3-4H;1H;/p-1. The molecule has 0 bridgehead atoms. The molecule has 1 aliphatic carbocycles. The van der Waals surface area contributed by atoms with Crippen molar-refractivity contribution in [2.75, 3.05) is 0 Å². The molecule has 0 amide bonds. The van der Waals surface area contributed by atoms with E-state index in [-0.39, 0.29) is 42.6 Å². The Morgan fingerprint density at radius 1 is 1.50 bits per heavy atom. The van der Waals surface area contributed by atoms with Gasteiger partial charge in [0.05, 0.1) is 0 Å². The van der Waals surface area contributed by atoms with Crippen molar-refractivity contribution in [1.29, 1.82) is 0 Å². The first-order valence-corrected chi connectivity index (χ1v) is 2.91. The fourth-order valence-electron chi connectivity index (χ4n) is 0.391. The molecule has 0 saturated carbocycles. The number of hydrogen-bond acceptors (Lipinski definition) is 0. The molecule has 0 nitrogen and oxygen atoms in total. The van der Waals surface area contributed by atoms with Gasteiger partial charge in [-0.15, -0.1) is 5.73 Å². The van der Waals surface area contributed by atoms with Crippen molar-refractivity contribution in [2.45, 2.75) is 0 Å². The summed E-state index contributed by atoms with van der Waals surface area (Å²) in [6.07, 6.45) is 4.26. The second kappa shape index (κ2) is 6.48. The second-order valence-electron chi connectivity index (χ2n) is 1.34. The average molecular weight is 319 g/mol. The van der Waals surface area contributed by atoms with E-state index in [0.29, 0.717) is 4.48 Å². The summed E-state index contributed by atoms with van der Waals surface area (Å²) >= 11 is 3.00. The van der Waals surface area contributed by atoms with E-state index in [1.807, 2.05) is 0 Å². The normalized spacial score (nSPS) is 15.2. The quantitative estimate of drug-likeness (QED) is 0.417. The van der Waals surface area contributed by atoms with Crippen LogP contribution in [0.2, 0.25) is 0 Å². The molecule has 4 heteroatoms. The Morgan fingerprint density at radius 2 is 2.10 bits per heavy atom. The molecule has 0 saturated heterocycles. The number of hydrogen-bond donors (Lipinski definition) is 0. The SMILES string of the molecule is F[C]1C=C=CC=C1Br.[Br-].[Zn]. The molecule has 0 N–H and O–H groups in total. The summed E-state index contributed by atoms with van der Waals surface area (Å²) in [5.41, 5.74) is 2.60. The van der Waals surface area contributed by atoms with Crippen LogP contribution in [0.1, 0.15) is 0 Å². The van der Waals surface area contributed by atoms with Crippen LogP contribution in [0.25, 0.3) is 0 Å². The molecule has 0 aromatic rings. The van der Waals surface area contributed by atoms with Gasteiger partial charge in [-0.3, -0.25) is 0 Å². The van der Waals surface area contributed by atoms with Crippen LogP contribution in [-0.4, -0.2) is 0 Å². The summed E-state index contributed by atoms with van der Waals surface area (Å²) in [5.74, 6) is 0. The molecule has 1 radical (unpaired) electrons. The zero-order chi connectivity index (χ0) is 5.98. The number of rotatable bonds is 0. The summed E-state index contributed by atoms with van der Waals surface area (Å²) < 4.78 is 12.7. The molecule has 0 aromatic carbocycles. The van der Waals surface area contributed by atoms with E-state index in [9.17, 15) is 4.39 Å². The number of halogens is 3. The van der Waals surface area contributed by atoms with Gasteiger partial charge in [0, 0.05) is 30.0 Å². The van der Waals surface area contributed by atoms with Crippen LogP contribution in [0.15, 0.2) is 28.4 Å². The Bertz CT molecular complexity index is 182. The smallest absolute Gasteiger partial charge is 0.210 e. The molecule has 0 unspecified atom stereocenters. The van der Waals surface area contributed by atoms with Crippen LogP contribution in [0.5, 0.6) is 0 Å². The Balaban J connectivity index is 0. The fourth-order valence-corrected chi connectivity index (χ4v) is 0.638. The first kappa shape index (κ1) is 13.4. The summed E-state index contributed by atoms with van der Waals surface area (Å²) in [7, 11) is 0. The van der Waals surface area contributed by atoms with Gasteiger partial charge in [-0.1, -0.05) is 15.9 Å². The molecule has 10 heavy (non-hydrogen) atoms. The van der Waals surface area contributed by atoms with Gasteiger partial charge in [0.1, 0.15) is 0 Å². The van der Waals surface area contributed by atoms with Gasteiger partial charge in [0.25, 0.3) is 0 Å².